The lowest BCUT2D eigenvalue weighted by Crippen LogP contribution is -2.44. The van der Waals surface area contributed by atoms with Crippen molar-refractivity contribution in [2.24, 2.45) is 4.99 Å². The highest BCUT2D eigenvalue weighted by atomic mass is 127. The van der Waals surface area contributed by atoms with Gasteiger partial charge in [0.05, 0.1) is 19.3 Å². The minimum atomic E-state index is -0.485. The van der Waals surface area contributed by atoms with Gasteiger partial charge in [-0.1, -0.05) is 0 Å². The van der Waals surface area contributed by atoms with Gasteiger partial charge in [-0.15, -0.1) is 24.0 Å². The molecule has 0 aromatic carbocycles. The number of halogens is 1. The summed E-state index contributed by atoms with van der Waals surface area (Å²) < 4.78 is 10.9. The van der Waals surface area contributed by atoms with Gasteiger partial charge in [0.2, 0.25) is 0 Å². The van der Waals surface area contributed by atoms with Crippen molar-refractivity contribution in [3.05, 3.63) is 0 Å². The number of hydrogen-bond donors (Lipinski definition) is 3. The molecule has 0 saturated carbocycles. The number of ether oxygens (including phenoxy) is 2. The lowest BCUT2D eigenvalue weighted by molar-refractivity contribution is -0.0136. The molecule has 3 N–H and O–H groups in total. The molecule has 1 rings (SSSR count). The van der Waals surface area contributed by atoms with Crippen LogP contribution in [0.4, 0.5) is 4.79 Å². The molecule has 0 aromatic heterocycles. The van der Waals surface area contributed by atoms with Gasteiger partial charge < -0.3 is 30.3 Å². The van der Waals surface area contributed by atoms with Crippen LogP contribution >= 0.6 is 24.0 Å². The number of aliphatic imine (C=N–C) groups is 1. The Morgan fingerprint density at radius 1 is 1.28 bits per heavy atom. The van der Waals surface area contributed by atoms with E-state index in [-0.39, 0.29) is 30.1 Å². The van der Waals surface area contributed by atoms with E-state index in [0.717, 1.165) is 32.2 Å². The molecule has 1 aliphatic heterocycles. The zero-order valence-electron chi connectivity index (χ0n) is 16.1. The maximum Gasteiger partial charge on any atom is 0.407 e. The number of carbonyl (C=O) groups excluding carboxylic acids is 1. The normalized spacial score (nSPS) is 18.9. The first-order chi connectivity index (χ1) is 11.3. The third kappa shape index (κ3) is 12.2. The third-order valence-electron chi connectivity index (χ3n) is 3.22. The quantitative estimate of drug-likeness (QED) is 0.232. The van der Waals surface area contributed by atoms with E-state index >= 15 is 0 Å². The molecule has 1 unspecified atom stereocenters. The molecule has 0 bridgehead atoms. The second kappa shape index (κ2) is 12.5. The van der Waals surface area contributed by atoms with E-state index in [2.05, 4.69) is 32.9 Å². The van der Waals surface area contributed by atoms with Gasteiger partial charge in [-0.2, -0.15) is 0 Å². The lowest BCUT2D eigenvalue weighted by Gasteiger charge is -2.29. The van der Waals surface area contributed by atoms with Crippen LogP contribution in [0.2, 0.25) is 0 Å². The molecule has 9 heteroatoms. The van der Waals surface area contributed by atoms with E-state index in [1.54, 1.807) is 0 Å². The Morgan fingerprint density at radius 3 is 2.56 bits per heavy atom. The largest absolute Gasteiger partial charge is 0.444 e. The van der Waals surface area contributed by atoms with Crippen LogP contribution in [0.1, 0.15) is 27.7 Å². The summed E-state index contributed by atoms with van der Waals surface area (Å²) in [6, 6.07) is 0. The van der Waals surface area contributed by atoms with Crippen molar-refractivity contribution in [3.8, 4) is 0 Å². The maximum atomic E-state index is 11.6. The Bertz CT molecular complexity index is 415. The van der Waals surface area contributed by atoms with Crippen LogP contribution in [0.3, 0.4) is 0 Å². The summed E-state index contributed by atoms with van der Waals surface area (Å²) in [7, 11) is 2.09. The van der Waals surface area contributed by atoms with E-state index in [0.29, 0.717) is 19.6 Å². The fraction of sp³-hybridized carbons (Fsp3) is 0.875. The lowest BCUT2D eigenvalue weighted by atomic mass is 10.2. The van der Waals surface area contributed by atoms with Crippen molar-refractivity contribution in [1.29, 1.82) is 0 Å². The molecule has 0 radical (unpaired) electrons. The predicted molar refractivity (Wildman–Crippen MR) is 111 cm³/mol. The summed E-state index contributed by atoms with van der Waals surface area (Å²) >= 11 is 0. The number of likely N-dealkylation sites (N-methyl/N-ethyl adjacent to an activating group) is 1. The minimum Gasteiger partial charge on any atom is -0.444 e. The van der Waals surface area contributed by atoms with Crippen LogP contribution in [0.15, 0.2) is 4.99 Å². The zero-order valence-corrected chi connectivity index (χ0v) is 18.4. The number of nitrogens with one attached hydrogen (secondary N) is 3. The van der Waals surface area contributed by atoms with Crippen molar-refractivity contribution in [3.63, 3.8) is 0 Å². The molecule has 1 fully saturated rings. The topological polar surface area (TPSA) is 87.2 Å². The van der Waals surface area contributed by atoms with Crippen molar-refractivity contribution in [2.45, 2.75) is 39.4 Å². The average molecular weight is 471 g/mol. The summed E-state index contributed by atoms with van der Waals surface area (Å²) in [6.45, 7) is 12.6. The number of morpholine rings is 1. The van der Waals surface area contributed by atoms with Gasteiger partial charge in [0.15, 0.2) is 5.96 Å². The molecular weight excluding hydrogens is 437 g/mol. The third-order valence-corrected chi connectivity index (χ3v) is 3.22. The van der Waals surface area contributed by atoms with Gasteiger partial charge in [0.25, 0.3) is 0 Å². The molecule has 0 aliphatic carbocycles. The Labute approximate surface area is 168 Å². The van der Waals surface area contributed by atoms with Crippen LogP contribution in [0, 0.1) is 0 Å². The highest BCUT2D eigenvalue weighted by molar-refractivity contribution is 14.0. The highest BCUT2D eigenvalue weighted by Crippen LogP contribution is 2.06. The molecule has 25 heavy (non-hydrogen) atoms. The summed E-state index contributed by atoms with van der Waals surface area (Å²) in [5.74, 6) is 0.723. The van der Waals surface area contributed by atoms with Gasteiger partial charge in [0, 0.05) is 32.7 Å². The predicted octanol–water partition coefficient (Wildman–Crippen LogP) is 1.01. The Kier molecular flexibility index (Phi) is 12.1. The van der Waals surface area contributed by atoms with Crippen molar-refractivity contribution in [1.82, 2.24) is 20.9 Å². The van der Waals surface area contributed by atoms with E-state index < -0.39 is 11.7 Å². The van der Waals surface area contributed by atoms with E-state index in [1.165, 1.54) is 0 Å². The first-order valence-corrected chi connectivity index (χ1v) is 8.59. The average Bonchev–Trinajstić information content (AvgIpc) is 2.47. The number of guanidine groups is 1. The molecule has 1 atom stereocenters. The number of amides is 1. The second-order valence-electron chi connectivity index (χ2n) is 6.83. The maximum absolute atomic E-state index is 11.6. The molecule has 1 saturated heterocycles. The van der Waals surface area contributed by atoms with Crippen LogP contribution in [-0.2, 0) is 9.47 Å². The molecule has 8 nitrogen and oxygen atoms in total. The second-order valence-corrected chi connectivity index (χ2v) is 6.83. The standard InChI is InChI=1S/C16H33N5O3.HI/c1-6-17-14(20-11-13-12-21(5)9-10-23-13)18-7-8-19-15(22)24-16(2,3)4;/h13H,6-12H2,1-5H3,(H,19,22)(H2,17,18,20);1H. The number of alkyl carbamates (subject to hydrolysis) is 1. The summed E-state index contributed by atoms with van der Waals surface area (Å²) in [4.78, 5) is 18.4. The SMILES string of the molecule is CCNC(=NCC1CN(C)CCO1)NCCNC(=O)OC(C)(C)C.I. The fourth-order valence-electron chi connectivity index (χ4n) is 2.17. The number of rotatable bonds is 6. The van der Waals surface area contributed by atoms with Gasteiger partial charge in [-0.25, -0.2) is 4.79 Å². The van der Waals surface area contributed by atoms with Crippen LogP contribution in [-0.4, -0.2) is 81.6 Å². The van der Waals surface area contributed by atoms with Gasteiger partial charge >= 0.3 is 6.09 Å². The Hall–Kier alpha value is -0.810. The van der Waals surface area contributed by atoms with Crippen LogP contribution in [0.25, 0.3) is 0 Å². The molecule has 0 spiro atoms. The summed E-state index contributed by atoms with van der Waals surface area (Å²) in [5.41, 5.74) is -0.485. The fourth-order valence-corrected chi connectivity index (χ4v) is 2.17. The van der Waals surface area contributed by atoms with Crippen molar-refractivity contribution in [2.75, 3.05) is 52.9 Å². The zero-order chi connectivity index (χ0) is 18.0. The molecule has 148 valence electrons. The molecule has 1 heterocycles. The smallest absolute Gasteiger partial charge is 0.407 e. The van der Waals surface area contributed by atoms with Gasteiger partial charge in [0.1, 0.15) is 5.60 Å². The van der Waals surface area contributed by atoms with Crippen LogP contribution < -0.4 is 16.0 Å². The van der Waals surface area contributed by atoms with Crippen molar-refractivity contribution < 1.29 is 14.3 Å². The summed E-state index contributed by atoms with van der Waals surface area (Å²) in [6.07, 6.45) is -0.288. The molecule has 0 aromatic rings. The number of carbonyl (C=O) groups is 1. The monoisotopic (exact) mass is 471 g/mol. The van der Waals surface area contributed by atoms with Crippen LogP contribution in [0.5, 0.6) is 0 Å². The van der Waals surface area contributed by atoms with E-state index in [1.807, 2.05) is 27.7 Å². The summed E-state index contributed by atoms with van der Waals surface area (Å²) in [5, 5.41) is 9.08. The van der Waals surface area contributed by atoms with E-state index in [9.17, 15) is 4.79 Å². The highest BCUT2D eigenvalue weighted by Gasteiger charge is 2.17. The first kappa shape index (κ1) is 24.2. The van der Waals surface area contributed by atoms with Gasteiger partial charge in [-0.3, -0.25) is 4.99 Å². The first-order valence-electron chi connectivity index (χ1n) is 8.59. The number of nitrogens with zero attached hydrogens (tertiary/aromatic N) is 2. The van der Waals surface area contributed by atoms with E-state index in [4.69, 9.17) is 9.47 Å². The van der Waals surface area contributed by atoms with Crippen molar-refractivity contribution >= 4 is 36.0 Å². The molecule has 1 aliphatic rings. The molecule has 1 amide bonds. The Balaban J connectivity index is 0.00000576. The minimum absolute atomic E-state index is 0. The Morgan fingerprint density at radius 2 is 1.96 bits per heavy atom. The van der Waals surface area contributed by atoms with Gasteiger partial charge in [-0.05, 0) is 34.7 Å². The molecular formula is C16H34IN5O3. The number of hydrogen-bond acceptors (Lipinski definition) is 5.